The van der Waals surface area contributed by atoms with Crippen molar-refractivity contribution in [2.24, 2.45) is 7.05 Å². The first-order chi connectivity index (χ1) is 13.1. The number of anilines is 1. The number of nitrogens with one attached hydrogen (secondary N) is 1. The van der Waals surface area contributed by atoms with Gasteiger partial charge < -0.3 is 19.5 Å². The van der Waals surface area contributed by atoms with Crippen LogP contribution in [0.4, 0.5) is 5.82 Å². The van der Waals surface area contributed by atoms with Crippen LogP contribution in [-0.2, 0) is 13.5 Å². The normalized spacial score (nSPS) is 18.3. The molecule has 1 aliphatic heterocycles. The van der Waals surface area contributed by atoms with Crippen LogP contribution in [0.2, 0.25) is 0 Å². The van der Waals surface area contributed by atoms with Gasteiger partial charge in [-0.05, 0) is 50.3 Å². The van der Waals surface area contributed by atoms with Crippen LogP contribution in [0, 0.1) is 0 Å². The molecule has 1 fully saturated rings. The first kappa shape index (κ1) is 19.4. The second-order valence-electron chi connectivity index (χ2n) is 7.41. The number of hydrogen-bond acceptors (Lipinski definition) is 5. The molecule has 2 atom stereocenters. The number of methoxy groups -OCH3 is 1. The average Bonchev–Trinajstić information content (AvgIpc) is 2.69. The van der Waals surface area contributed by atoms with E-state index in [0.717, 1.165) is 44.5 Å². The molecule has 1 N–H and O–H groups in total. The van der Waals surface area contributed by atoms with Gasteiger partial charge in [-0.2, -0.15) is 0 Å². The molecule has 2 aromatic rings. The molecular weight excluding hydrogens is 340 g/mol. The maximum Gasteiger partial charge on any atom is 0.293 e. The number of aryl methyl sites for hydroxylation is 2. The van der Waals surface area contributed by atoms with Crippen molar-refractivity contribution < 1.29 is 4.74 Å². The minimum absolute atomic E-state index is 0.0225. The van der Waals surface area contributed by atoms with E-state index in [-0.39, 0.29) is 5.56 Å². The van der Waals surface area contributed by atoms with Crippen molar-refractivity contribution in [2.75, 3.05) is 25.1 Å². The highest BCUT2D eigenvalue weighted by molar-refractivity contribution is 5.36. The molecule has 1 saturated heterocycles. The van der Waals surface area contributed by atoms with Gasteiger partial charge in [0.05, 0.1) is 7.11 Å². The molecule has 3 rings (SSSR count). The van der Waals surface area contributed by atoms with Gasteiger partial charge in [0.15, 0.2) is 5.82 Å². The summed E-state index contributed by atoms with van der Waals surface area (Å²) in [6, 6.07) is 9.09. The van der Waals surface area contributed by atoms with E-state index < -0.39 is 0 Å². The van der Waals surface area contributed by atoms with Crippen molar-refractivity contribution in [3.05, 3.63) is 52.6 Å². The second kappa shape index (κ2) is 9.04. The monoisotopic (exact) mass is 370 g/mol. The maximum absolute atomic E-state index is 12.3. The molecule has 0 bridgehead atoms. The van der Waals surface area contributed by atoms with Crippen molar-refractivity contribution >= 4 is 5.82 Å². The highest BCUT2D eigenvalue weighted by atomic mass is 16.5. The summed E-state index contributed by atoms with van der Waals surface area (Å²) < 4.78 is 6.81. The quantitative estimate of drug-likeness (QED) is 0.811. The van der Waals surface area contributed by atoms with E-state index >= 15 is 0 Å². The predicted molar refractivity (Wildman–Crippen MR) is 109 cm³/mol. The molecule has 0 radical (unpaired) electrons. The summed E-state index contributed by atoms with van der Waals surface area (Å²) in [4.78, 5) is 18.8. The predicted octanol–water partition coefficient (Wildman–Crippen LogP) is 2.37. The lowest BCUT2D eigenvalue weighted by Gasteiger charge is -2.35. The van der Waals surface area contributed by atoms with E-state index in [1.807, 2.05) is 12.1 Å². The van der Waals surface area contributed by atoms with Crippen LogP contribution in [0.15, 0.2) is 41.5 Å². The largest absolute Gasteiger partial charge is 0.497 e. The average molecular weight is 370 g/mol. The molecular formula is C21H30N4O2. The zero-order valence-electron chi connectivity index (χ0n) is 16.5. The Morgan fingerprint density at radius 1 is 1.33 bits per heavy atom. The summed E-state index contributed by atoms with van der Waals surface area (Å²) in [7, 11) is 3.46. The summed E-state index contributed by atoms with van der Waals surface area (Å²) in [5, 5.41) is 3.74. The van der Waals surface area contributed by atoms with Crippen LogP contribution in [-0.4, -0.2) is 41.8 Å². The van der Waals surface area contributed by atoms with Crippen LogP contribution < -0.4 is 20.5 Å². The van der Waals surface area contributed by atoms with Gasteiger partial charge in [0, 0.05) is 44.6 Å². The van der Waals surface area contributed by atoms with Gasteiger partial charge in [0.2, 0.25) is 0 Å². The van der Waals surface area contributed by atoms with E-state index in [1.54, 1.807) is 31.1 Å². The summed E-state index contributed by atoms with van der Waals surface area (Å²) >= 11 is 0. The number of rotatable bonds is 7. The molecule has 1 aliphatic rings. The van der Waals surface area contributed by atoms with Gasteiger partial charge in [0.1, 0.15) is 5.75 Å². The Bertz CT molecular complexity index is 788. The van der Waals surface area contributed by atoms with Gasteiger partial charge >= 0.3 is 0 Å². The van der Waals surface area contributed by atoms with Gasteiger partial charge in [0.25, 0.3) is 5.56 Å². The third kappa shape index (κ3) is 5.10. The lowest BCUT2D eigenvalue weighted by molar-refractivity contribution is 0.372. The Hall–Kier alpha value is -2.34. The smallest absolute Gasteiger partial charge is 0.293 e. The number of aromatic nitrogens is 2. The number of nitrogens with zero attached hydrogens (tertiary/aromatic N) is 3. The lowest BCUT2D eigenvalue weighted by Crippen LogP contribution is -2.50. The van der Waals surface area contributed by atoms with E-state index in [1.165, 1.54) is 5.56 Å². The minimum Gasteiger partial charge on any atom is -0.497 e. The van der Waals surface area contributed by atoms with Crippen LogP contribution in [0.3, 0.4) is 0 Å². The summed E-state index contributed by atoms with van der Waals surface area (Å²) in [5.41, 5.74) is 1.30. The van der Waals surface area contributed by atoms with Crippen LogP contribution in [0.5, 0.6) is 5.75 Å². The Morgan fingerprint density at radius 2 is 2.11 bits per heavy atom. The number of piperidine rings is 1. The number of ether oxygens (including phenoxy) is 1. The zero-order chi connectivity index (χ0) is 19.2. The highest BCUT2D eigenvalue weighted by Crippen LogP contribution is 2.17. The number of hydrogen-bond donors (Lipinski definition) is 1. The lowest BCUT2D eigenvalue weighted by atomic mass is 10.0. The molecule has 1 aromatic heterocycles. The van der Waals surface area contributed by atoms with Gasteiger partial charge in [-0.25, -0.2) is 4.98 Å². The molecule has 0 amide bonds. The summed E-state index contributed by atoms with van der Waals surface area (Å²) in [5.74, 6) is 1.46. The fraction of sp³-hybridized carbons (Fsp3) is 0.524. The van der Waals surface area contributed by atoms with Crippen LogP contribution in [0.25, 0.3) is 0 Å². The van der Waals surface area contributed by atoms with Crippen LogP contribution >= 0.6 is 0 Å². The van der Waals surface area contributed by atoms with Gasteiger partial charge in [-0.1, -0.05) is 12.1 Å². The van der Waals surface area contributed by atoms with Crippen molar-refractivity contribution in [3.8, 4) is 5.75 Å². The second-order valence-corrected chi connectivity index (χ2v) is 7.41. The summed E-state index contributed by atoms with van der Waals surface area (Å²) in [6.07, 6.45) is 7.72. The maximum atomic E-state index is 12.3. The van der Waals surface area contributed by atoms with E-state index in [9.17, 15) is 4.79 Å². The number of benzene rings is 1. The Kier molecular flexibility index (Phi) is 6.50. The van der Waals surface area contributed by atoms with Crippen molar-refractivity contribution in [1.29, 1.82) is 0 Å². The molecule has 0 saturated carbocycles. The first-order valence-corrected chi connectivity index (χ1v) is 9.72. The minimum atomic E-state index is -0.0225. The fourth-order valence-corrected chi connectivity index (χ4v) is 3.67. The van der Waals surface area contributed by atoms with Crippen molar-refractivity contribution in [1.82, 2.24) is 14.9 Å². The third-order valence-corrected chi connectivity index (χ3v) is 5.26. The molecule has 0 aliphatic carbocycles. The van der Waals surface area contributed by atoms with E-state index in [0.29, 0.717) is 17.9 Å². The Labute approximate surface area is 161 Å². The Morgan fingerprint density at radius 3 is 2.85 bits per heavy atom. The van der Waals surface area contributed by atoms with E-state index in [2.05, 4.69) is 34.3 Å². The molecule has 146 valence electrons. The SMILES string of the molecule is COc1ccc(CCC(C)NC2CCCN(c3nccn(C)c3=O)C2)cc1. The van der Waals surface area contributed by atoms with E-state index in [4.69, 9.17) is 4.74 Å². The van der Waals surface area contributed by atoms with Crippen molar-refractivity contribution in [2.45, 2.75) is 44.7 Å². The van der Waals surface area contributed by atoms with Gasteiger partial charge in [-0.15, -0.1) is 0 Å². The molecule has 6 heteroatoms. The summed E-state index contributed by atoms with van der Waals surface area (Å²) in [6.45, 7) is 3.96. The topological polar surface area (TPSA) is 59.4 Å². The third-order valence-electron chi connectivity index (χ3n) is 5.26. The molecule has 2 unspecified atom stereocenters. The van der Waals surface area contributed by atoms with Gasteiger partial charge in [-0.3, -0.25) is 4.79 Å². The van der Waals surface area contributed by atoms with Crippen LogP contribution in [0.1, 0.15) is 31.7 Å². The van der Waals surface area contributed by atoms with Crippen molar-refractivity contribution in [3.63, 3.8) is 0 Å². The zero-order valence-corrected chi connectivity index (χ0v) is 16.5. The molecule has 0 spiro atoms. The fourth-order valence-electron chi connectivity index (χ4n) is 3.67. The molecule has 2 heterocycles. The first-order valence-electron chi connectivity index (χ1n) is 9.72. The highest BCUT2D eigenvalue weighted by Gasteiger charge is 2.23. The molecule has 27 heavy (non-hydrogen) atoms. The standard InChI is InChI=1S/C21H30N4O2/c1-16(6-7-17-8-10-19(27-3)11-9-17)23-18-5-4-13-25(15-18)20-21(26)24(2)14-12-22-20/h8-12,14,16,18,23H,4-7,13,15H2,1-3H3. The molecule has 1 aromatic carbocycles. The Balaban J connectivity index is 1.52. The molecule has 6 nitrogen and oxygen atoms in total.